The van der Waals surface area contributed by atoms with E-state index in [9.17, 15) is 14.7 Å². The zero-order valence-corrected chi connectivity index (χ0v) is 19.7. The Balaban J connectivity index is 2.49. The molecule has 1 amide bonds. The van der Waals surface area contributed by atoms with E-state index in [1.807, 2.05) is 20.8 Å². The summed E-state index contributed by atoms with van der Waals surface area (Å²) in [5.41, 5.74) is 0.0438. The Kier molecular flexibility index (Phi) is 8.12. The Morgan fingerprint density at radius 2 is 1.90 bits per heavy atom. The van der Waals surface area contributed by atoms with E-state index < -0.39 is 23.1 Å². The SMILES string of the molecule is CCOc1cc(C2C(C(=O)C(C)(C)C)=C(O)C(=O)N2CCCOC(C)C)ccc1OC. The van der Waals surface area contributed by atoms with Gasteiger partial charge in [-0.25, -0.2) is 0 Å². The summed E-state index contributed by atoms with van der Waals surface area (Å²) >= 11 is 0. The van der Waals surface area contributed by atoms with Crippen molar-refractivity contribution < 1.29 is 28.9 Å². The second-order valence-electron chi connectivity index (χ2n) is 8.86. The van der Waals surface area contributed by atoms with Crippen molar-refractivity contribution in [2.75, 3.05) is 26.9 Å². The summed E-state index contributed by atoms with van der Waals surface area (Å²) in [5.74, 6) is -0.215. The number of hydrogen-bond donors (Lipinski definition) is 1. The minimum atomic E-state index is -0.756. The predicted molar refractivity (Wildman–Crippen MR) is 118 cm³/mol. The van der Waals surface area contributed by atoms with Gasteiger partial charge in [-0.2, -0.15) is 0 Å². The largest absolute Gasteiger partial charge is 0.503 e. The van der Waals surface area contributed by atoms with Crippen LogP contribution in [0.15, 0.2) is 29.5 Å². The number of methoxy groups -OCH3 is 1. The van der Waals surface area contributed by atoms with Gasteiger partial charge in [-0.05, 0) is 44.9 Å². The zero-order valence-electron chi connectivity index (χ0n) is 19.7. The molecule has 1 atom stereocenters. The Bertz CT molecular complexity index is 837. The summed E-state index contributed by atoms with van der Waals surface area (Å²) in [4.78, 5) is 27.7. The minimum absolute atomic E-state index is 0.0879. The number of ketones is 1. The van der Waals surface area contributed by atoms with Crippen LogP contribution >= 0.6 is 0 Å². The maximum atomic E-state index is 13.2. The van der Waals surface area contributed by atoms with Crippen molar-refractivity contribution in [1.82, 2.24) is 4.90 Å². The molecule has 0 saturated heterocycles. The number of ether oxygens (including phenoxy) is 3. The average molecular weight is 434 g/mol. The number of hydrogen-bond acceptors (Lipinski definition) is 6. The van der Waals surface area contributed by atoms with Gasteiger partial charge in [0.05, 0.1) is 31.4 Å². The normalized spacial score (nSPS) is 17.0. The van der Waals surface area contributed by atoms with Crippen molar-refractivity contribution in [2.24, 2.45) is 5.41 Å². The molecule has 0 radical (unpaired) electrons. The number of rotatable bonds is 10. The number of aliphatic hydroxyl groups is 1. The minimum Gasteiger partial charge on any atom is -0.503 e. The van der Waals surface area contributed by atoms with Crippen LogP contribution in [0, 0.1) is 5.41 Å². The predicted octanol–water partition coefficient (Wildman–Crippen LogP) is 4.22. The first kappa shape index (κ1) is 24.7. The number of carbonyl (C=O) groups excluding carboxylic acids is 2. The molecule has 7 heteroatoms. The molecule has 1 heterocycles. The summed E-state index contributed by atoms with van der Waals surface area (Å²) in [7, 11) is 1.55. The van der Waals surface area contributed by atoms with Crippen LogP contribution in [0.3, 0.4) is 0 Å². The highest BCUT2D eigenvalue weighted by Gasteiger charge is 2.45. The molecule has 1 aromatic rings. The van der Waals surface area contributed by atoms with Crippen molar-refractivity contribution in [3.8, 4) is 11.5 Å². The van der Waals surface area contributed by atoms with Gasteiger partial charge in [0.25, 0.3) is 5.91 Å². The highest BCUT2D eigenvalue weighted by atomic mass is 16.5. The van der Waals surface area contributed by atoms with Crippen LogP contribution in [0.4, 0.5) is 0 Å². The van der Waals surface area contributed by atoms with E-state index in [2.05, 4.69) is 0 Å². The maximum Gasteiger partial charge on any atom is 0.290 e. The molecule has 0 spiro atoms. The van der Waals surface area contributed by atoms with E-state index >= 15 is 0 Å². The van der Waals surface area contributed by atoms with Gasteiger partial charge in [0, 0.05) is 18.6 Å². The first-order valence-electron chi connectivity index (χ1n) is 10.7. The third-order valence-corrected chi connectivity index (χ3v) is 5.03. The van der Waals surface area contributed by atoms with Crippen molar-refractivity contribution in [3.63, 3.8) is 0 Å². The number of amides is 1. The fourth-order valence-corrected chi connectivity index (χ4v) is 3.55. The summed E-state index contributed by atoms with van der Waals surface area (Å²) < 4.78 is 16.7. The van der Waals surface area contributed by atoms with Crippen molar-refractivity contribution in [2.45, 2.75) is 60.1 Å². The Labute approximate surface area is 185 Å². The third-order valence-electron chi connectivity index (χ3n) is 5.03. The molecule has 2 rings (SSSR count). The summed E-state index contributed by atoms with van der Waals surface area (Å²) in [5, 5.41) is 10.7. The van der Waals surface area contributed by atoms with E-state index in [0.29, 0.717) is 43.2 Å². The van der Waals surface area contributed by atoms with Crippen LogP contribution in [-0.2, 0) is 14.3 Å². The molecule has 0 bridgehead atoms. The molecule has 172 valence electrons. The van der Waals surface area contributed by atoms with E-state index in [1.165, 1.54) is 4.90 Å². The first-order chi connectivity index (χ1) is 14.5. The lowest BCUT2D eigenvalue weighted by molar-refractivity contribution is -0.129. The molecule has 1 aromatic carbocycles. The van der Waals surface area contributed by atoms with Crippen LogP contribution in [0.2, 0.25) is 0 Å². The van der Waals surface area contributed by atoms with Gasteiger partial charge in [0.2, 0.25) is 0 Å². The smallest absolute Gasteiger partial charge is 0.290 e. The van der Waals surface area contributed by atoms with Gasteiger partial charge >= 0.3 is 0 Å². The molecule has 1 aliphatic rings. The van der Waals surface area contributed by atoms with Crippen LogP contribution in [0.25, 0.3) is 0 Å². The number of Topliss-reactive ketones (excluding diaryl/α,β-unsaturated/α-hetero) is 1. The Morgan fingerprint density at radius 3 is 2.45 bits per heavy atom. The van der Waals surface area contributed by atoms with Crippen LogP contribution in [-0.4, -0.2) is 54.7 Å². The lowest BCUT2D eigenvalue weighted by Gasteiger charge is -2.29. The molecular formula is C24H35NO6. The van der Waals surface area contributed by atoms with Crippen LogP contribution < -0.4 is 9.47 Å². The standard InChI is InChI=1S/C24H35NO6/c1-8-30-18-14-16(10-11-17(18)29-7)20-19(22(27)24(4,5)6)21(26)23(28)25(20)12-9-13-31-15(2)3/h10-11,14-15,20,26H,8-9,12-13H2,1-7H3. The number of nitrogens with zero attached hydrogens (tertiary/aromatic N) is 1. The maximum absolute atomic E-state index is 13.2. The molecule has 7 nitrogen and oxygen atoms in total. The quantitative estimate of drug-likeness (QED) is 0.556. The highest BCUT2D eigenvalue weighted by Crippen LogP contribution is 2.43. The van der Waals surface area contributed by atoms with Crippen LogP contribution in [0.1, 0.15) is 59.6 Å². The van der Waals surface area contributed by atoms with Gasteiger partial charge in [0.15, 0.2) is 23.0 Å². The Hall–Kier alpha value is -2.54. The molecule has 1 aliphatic heterocycles. The van der Waals surface area contributed by atoms with Gasteiger partial charge in [-0.1, -0.05) is 26.8 Å². The average Bonchev–Trinajstić information content (AvgIpc) is 2.94. The molecular weight excluding hydrogens is 398 g/mol. The summed E-state index contributed by atoms with van der Waals surface area (Å²) in [6.07, 6.45) is 0.670. The van der Waals surface area contributed by atoms with Gasteiger partial charge in [-0.15, -0.1) is 0 Å². The number of aliphatic hydroxyl groups excluding tert-OH is 1. The van der Waals surface area contributed by atoms with Crippen molar-refractivity contribution >= 4 is 11.7 Å². The molecule has 1 unspecified atom stereocenters. The topological polar surface area (TPSA) is 85.3 Å². The van der Waals surface area contributed by atoms with Gasteiger partial charge in [-0.3, -0.25) is 9.59 Å². The molecule has 1 N–H and O–H groups in total. The monoisotopic (exact) mass is 433 g/mol. The van der Waals surface area contributed by atoms with Gasteiger partial charge in [0.1, 0.15) is 0 Å². The summed E-state index contributed by atoms with van der Waals surface area (Å²) in [6, 6.07) is 4.61. The fourth-order valence-electron chi connectivity index (χ4n) is 3.55. The zero-order chi connectivity index (χ0) is 23.3. The lowest BCUT2D eigenvalue weighted by atomic mass is 9.82. The molecule has 0 aliphatic carbocycles. The first-order valence-corrected chi connectivity index (χ1v) is 10.7. The molecule has 31 heavy (non-hydrogen) atoms. The highest BCUT2D eigenvalue weighted by molar-refractivity contribution is 6.10. The lowest BCUT2D eigenvalue weighted by Crippen LogP contribution is -2.34. The van der Waals surface area contributed by atoms with Crippen molar-refractivity contribution in [1.29, 1.82) is 0 Å². The molecule has 0 saturated carbocycles. The van der Waals surface area contributed by atoms with Gasteiger partial charge < -0.3 is 24.2 Å². The van der Waals surface area contributed by atoms with E-state index in [1.54, 1.807) is 46.1 Å². The molecule has 0 aromatic heterocycles. The summed E-state index contributed by atoms with van der Waals surface area (Å²) in [6.45, 7) is 12.3. The third kappa shape index (κ3) is 5.58. The second-order valence-corrected chi connectivity index (χ2v) is 8.86. The number of benzene rings is 1. The number of carbonyl (C=O) groups is 2. The van der Waals surface area contributed by atoms with E-state index in [-0.39, 0.29) is 17.5 Å². The Morgan fingerprint density at radius 1 is 1.23 bits per heavy atom. The second kappa shape index (κ2) is 10.2. The molecule has 0 fully saturated rings. The van der Waals surface area contributed by atoms with Crippen LogP contribution in [0.5, 0.6) is 11.5 Å². The van der Waals surface area contributed by atoms with Crippen molar-refractivity contribution in [3.05, 3.63) is 35.1 Å². The van der Waals surface area contributed by atoms with E-state index in [4.69, 9.17) is 14.2 Å². The fraction of sp³-hybridized carbons (Fsp3) is 0.583. The van der Waals surface area contributed by atoms with E-state index in [0.717, 1.165) is 0 Å².